The SMILES string of the molecule is c1ccc(-c2nc3ccccc3nc2-c2sc3c4c(cc5ccccc53)-c3ccccc3-c3ccccc3-c24)cc1. The number of benzene rings is 6. The van der Waals surface area contributed by atoms with Crippen molar-refractivity contribution in [3.63, 3.8) is 0 Å². The molecular weight excluding hydrogens is 516 g/mol. The van der Waals surface area contributed by atoms with E-state index >= 15 is 0 Å². The summed E-state index contributed by atoms with van der Waals surface area (Å²) in [5, 5.41) is 3.83. The van der Waals surface area contributed by atoms with Crippen molar-refractivity contribution in [1.82, 2.24) is 9.97 Å². The van der Waals surface area contributed by atoms with E-state index in [0.29, 0.717) is 0 Å². The van der Waals surface area contributed by atoms with Gasteiger partial charge in [-0.05, 0) is 56.8 Å². The molecule has 0 bridgehead atoms. The smallest absolute Gasteiger partial charge is 0.108 e. The quantitative estimate of drug-likeness (QED) is 0.219. The fourth-order valence-corrected chi connectivity index (χ4v) is 7.78. The molecule has 0 aliphatic heterocycles. The Hall–Kier alpha value is -5.12. The second-order valence-corrected chi connectivity index (χ2v) is 11.5. The summed E-state index contributed by atoms with van der Waals surface area (Å²) in [7, 11) is 0. The molecule has 0 N–H and O–H groups in total. The summed E-state index contributed by atoms with van der Waals surface area (Å²) in [6, 6.07) is 47.5. The lowest BCUT2D eigenvalue weighted by atomic mass is 9.93. The molecule has 0 saturated heterocycles. The average Bonchev–Trinajstić information content (AvgIpc) is 3.40. The first kappa shape index (κ1) is 22.7. The molecule has 0 amide bonds. The molecule has 3 heteroatoms. The van der Waals surface area contributed by atoms with E-state index in [2.05, 4.69) is 121 Å². The van der Waals surface area contributed by atoms with E-state index in [1.54, 1.807) is 0 Å². The van der Waals surface area contributed by atoms with Crippen molar-refractivity contribution in [2.24, 2.45) is 0 Å². The van der Waals surface area contributed by atoms with Crippen LogP contribution in [0.4, 0.5) is 0 Å². The second-order valence-electron chi connectivity index (χ2n) is 10.5. The Morgan fingerprint density at radius 3 is 1.78 bits per heavy atom. The largest absolute Gasteiger partial charge is 0.244 e. The number of aromatic nitrogens is 2. The van der Waals surface area contributed by atoms with Crippen LogP contribution in [-0.2, 0) is 0 Å². The number of rotatable bonds is 2. The van der Waals surface area contributed by atoms with Crippen molar-refractivity contribution in [3.8, 4) is 55.2 Å². The highest BCUT2D eigenvalue weighted by Gasteiger charge is 2.29. The lowest BCUT2D eigenvalue weighted by Crippen LogP contribution is -1.95. The zero-order valence-corrected chi connectivity index (χ0v) is 22.8. The molecule has 1 aliphatic rings. The summed E-state index contributed by atoms with van der Waals surface area (Å²) in [5.74, 6) is 0. The van der Waals surface area contributed by atoms with E-state index in [0.717, 1.165) is 32.9 Å². The normalized spacial score (nSPS) is 11.9. The molecule has 9 rings (SSSR count). The molecule has 0 radical (unpaired) electrons. The number of thiophene rings is 1. The molecule has 0 unspecified atom stereocenters. The molecule has 2 heterocycles. The Bertz CT molecular complexity index is 2310. The molecule has 1 aliphatic carbocycles. The minimum absolute atomic E-state index is 0.904. The number of fused-ring (bicyclic) bond motifs is 8. The first-order valence-corrected chi connectivity index (χ1v) is 14.7. The zero-order valence-electron chi connectivity index (χ0n) is 22.0. The minimum Gasteiger partial charge on any atom is -0.244 e. The van der Waals surface area contributed by atoms with Crippen molar-refractivity contribution in [3.05, 3.63) is 133 Å². The summed E-state index contributed by atoms with van der Waals surface area (Å²) in [6.07, 6.45) is 0. The van der Waals surface area contributed by atoms with Gasteiger partial charge in [0.15, 0.2) is 0 Å². The maximum absolute atomic E-state index is 5.36. The monoisotopic (exact) mass is 538 g/mol. The summed E-state index contributed by atoms with van der Waals surface area (Å²) < 4.78 is 1.29. The third kappa shape index (κ3) is 3.30. The number of hydrogen-bond donors (Lipinski definition) is 0. The van der Waals surface area contributed by atoms with Crippen LogP contribution in [0.2, 0.25) is 0 Å². The predicted octanol–water partition coefficient (Wildman–Crippen LogP) is 10.6. The van der Waals surface area contributed by atoms with Crippen LogP contribution in [0.1, 0.15) is 0 Å². The van der Waals surface area contributed by atoms with E-state index in [4.69, 9.17) is 9.97 Å². The van der Waals surface area contributed by atoms with Gasteiger partial charge in [-0.25, -0.2) is 9.97 Å². The lowest BCUT2D eigenvalue weighted by Gasteiger charge is -2.13. The average molecular weight is 539 g/mol. The molecule has 2 aromatic heterocycles. The molecule has 6 aromatic carbocycles. The van der Waals surface area contributed by atoms with E-state index in [1.807, 2.05) is 23.5 Å². The van der Waals surface area contributed by atoms with Crippen LogP contribution in [0.25, 0.3) is 87.1 Å². The van der Waals surface area contributed by atoms with E-state index in [1.165, 1.54) is 54.2 Å². The van der Waals surface area contributed by atoms with Crippen LogP contribution in [0.15, 0.2) is 133 Å². The Morgan fingerprint density at radius 1 is 0.463 bits per heavy atom. The predicted molar refractivity (Wildman–Crippen MR) is 173 cm³/mol. The summed E-state index contributed by atoms with van der Waals surface area (Å²) in [5.41, 5.74) is 12.3. The summed E-state index contributed by atoms with van der Waals surface area (Å²) in [4.78, 5) is 11.8. The highest BCUT2D eigenvalue weighted by Crippen LogP contribution is 2.56. The Labute approximate surface area is 241 Å². The van der Waals surface area contributed by atoms with Gasteiger partial charge in [-0.15, -0.1) is 11.3 Å². The van der Waals surface area contributed by atoms with Crippen LogP contribution >= 0.6 is 11.3 Å². The van der Waals surface area contributed by atoms with Crippen molar-refractivity contribution in [2.45, 2.75) is 0 Å². The van der Waals surface area contributed by atoms with E-state index in [9.17, 15) is 0 Å². The number of hydrogen-bond acceptors (Lipinski definition) is 3. The van der Waals surface area contributed by atoms with Crippen molar-refractivity contribution >= 4 is 43.2 Å². The molecule has 41 heavy (non-hydrogen) atoms. The Morgan fingerprint density at radius 2 is 1.02 bits per heavy atom. The first-order chi connectivity index (χ1) is 20.3. The van der Waals surface area contributed by atoms with Gasteiger partial charge in [-0.1, -0.05) is 115 Å². The fourth-order valence-electron chi connectivity index (χ4n) is 6.42. The molecule has 190 valence electrons. The second kappa shape index (κ2) is 8.69. The molecule has 8 aromatic rings. The molecule has 0 spiro atoms. The number of para-hydroxylation sites is 2. The third-order valence-corrected chi connectivity index (χ3v) is 9.45. The fraction of sp³-hybridized carbons (Fsp3) is 0. The maximum Gasteiger partial charge on any atom is 0.108 e. The van der Waals surface area contributed by atoms with E-state index in [-0.39, 0.29) is 0 Å². The van der Waals surface area contributed by atoms with Crippen molar-refractivity contribution < 1.29 is 0 Å². The van der Waals surface area contributed by atoms with Crippen LogP contribution < -0.4 is 0 Å². The standard InChI is InChI=1S/C38H22N2S/c1-2-12-23(13-3-1)35-36(40-32-21-11-10-20-31(32)39-35)38-33-29-19-9-8-17-27(29)26-16-6-7-18-28(26)30-22-24-14-4-5-15-25(24)37(41-38)34(30)33/h1-22H. The molecular formula is C38H22N2S. The van der Waals surface area contributed by atoms with Crippen LogP contribution in [0, 0.1) is 0 Å². The minimum atomic E-state index is 0.904. The molecule has 2 nitrogen and oxygen atoms in total. The van der Waals surface area contributed by atoms with Gasteiger partial charge in [-0.2, -0.15) is 0 Å². The van der Waals surface area contributed by atoms with Gasteiger partial charge in [0.2, 0.25) is 0 Å². The topological polar surface area (TPSA) is 25.8 Å². The third-order valence-electron chi connectivity index (χ3n) is 8.22. The van der Waals surface area contributed by atoms with Gasteiger partial charge < -0.3 is 0 Å². The van der Waals surface area contributed by atoms with Crippen molar-refractivity contribution in [2.75, 3.05) is 0 Å². The lowest BCUT2D eigenvalue weighted by molar-refractivity contribution is 1.30. The summed E-state index contributed by atoms with van der Waals surface area (Å²) >= 11 is 1.85. The van der Waals surface area contributed by atoms with Gasteiger partial charge in [0.25, 0.3) is 0 Å². The first-order valence-electron chi connectivity index (χ1n) is 13.9. The molecule has 0 fully saturated rings. The van der Waals surface area contributed by atoms with Gasteiger partial charge in [-0.3, -0.25) is 0 Å². The van der Waals surface area contributed by atoms with Crippen LogP contribution in [-0.4, -0.2) is 9.97 Å². The number of nitrogens with zero attached hydrogens (tertiary/aromatic N) is 2. The van der Waals surface area contributed by atoms with Crippen LogP contribution in [0.3, 0.4) is 0 Å². The highest BCUT2D eigenvalue weighted by atomic mass is 32.1. The molecule has 0 atom stereocenters. The Kier molecular flexibility index (Phi) is 4.80. The van der Waals surface area contributed by atoms with Gasteiger partial charge >= 0.3 is 0 Å². The van der Waals surface area contributed by atoms with Crippen LogP contribution in [0.5, 0.6) is 0 Å². The molecule has 0 saturated carbocycles. The van der Waals surface area contributed by atoms with Crippen molar-refractivity contribution in [1.29, 1.82) is 0 Å². The van der Waals surface area contributed by atoms with E-state index < -0.39 is 0 Å². The van der Waals surface area contributed by atoms with Gasteiger partial charge in [0.1, 0.15) is 5.69 Å². The Balaban J connectivity index is 1.51. The zero-order chi connectivity index (χ0) is 26.9. The highest BCUT2D eigenvalue weighted by molar-refractivity contribution is 7.24. The van der Waals surface area contributed by atoms with Gasteiger partial charge in [0, 0.05) is 21.2 Å². The maximum atomic E-state index is 5.36. The van der Waals surface area contributed by atoms with Gasteiger partial charge in [0.05, 0.1) is 21.6 Å². The summed E-state index contributed by atoms with van der Waals surface area (Å²) in [6.45, 7) is 0.